The first-order valence-electron chi connectivity index (χ1n) is 12.9. The predicted molar refractivity (Wildman–Crippen MR) is 157 cm³/mol. The lowest BCUT2D eigenvalue weighted by Crippen LogP contribution is -2.53. The molecule has 2 amide bonds. The first-order valence-corrected chi connectivity index (χ1v) is 14.7. The quantitative estimate of drug-likeness (QED) is 0.253. The summed E-state index contributed by atoms with van der Waals surface area (Å²) < 4.78 is 57.3. The molecule has 0 fully saturated rings. The Balaban J connectivity index is 1.81. The second kappa shape index (κ2) is 13.6. The molecule has 0 heterocycles. The third-order valence-corrected chi connectivity index (χ3v) is 8.69. The lowest BCUT2D eigenvalue weighted by Gasteiger charge is -2.33. The van der Waals surface area contributed by atoms with Crippen LogP contribution in [0, 0.1) is 11.6 Å². The third-order valence-electron chi connectivity index (χ3n) is 6.62. The largest absolute Gasteiger partial charge is 0.357 e. The number of likely N-dealkylation sites (N-methyl/N-ethyl adjacent to an activating group) is 1. The molecule has 0 bridgehead atoms. The Morgan fingerprint density at radius 1 is 0.857 bits per heavy atom. The van der Waals surface area contributed by atoms with Gasteiger partial charge < -0.3 is 10.2 Å². The number of benzene rings is 4. The number of sulfonamides is 1. The number of nitrogens with one attached hydrogen (secondary N) is 1. The van der Waals surface area contributed by atoms with Crippen LogP contribution in [0.1, 0.15) is 11.1 Å². The zero-order valence-electron chi connectivity index (χ0n) is 22.6. The normalized spacial score (nSPS) is 11.9. The molecule has 0 saturated heterocycles. The molecule has 0 aliphatic carbocycles. The van der Waals surface area contributed by atoms with Crippen molar-refractivity contribution in [1.29, 1.82) is 0 Å². The maximum absolute atomic E-state index is 14.8. The summed E-state index contributed by atoms with van der Waals surface area (Å²) in [5.41, 5.74) is 0.801. The summed E-state index contributed by atoms with van der Waals surface area (Å²) in [6.07, 6.45) is 0.0779. The molecule has 0 radical (unpaired) electrons. The van der Waals surface area contributed by atoms with E-state index in [4.69, 9.17) is 11.6 Å². The minimum atomic E-state index is -4.37. The minimum Gasteiger partial charge on any atom is -0.357 e. The van der Waals surface area contributed by atoms with Crippen molar-refractivity contribution in [3.05, 3.63) is 131 Å². The van der Waals surface area contributed by atoms with Crippen LogP contribution in [0.4, 0.5) is 14.5 Å². The van der Waals surface area contributed by atoms with E-state index in [1.807, 2.05) is 0 Å². The molecule has 0 spiro atoms. The first-order chi connectivity index (χ1) is 20.1. The summed E-state index contributed by atoms with van der Waals surface area (Å²) >= 11 is 5.99. The van der Waals surface area contributed by atoms with Crippen molar-refractivity contribution >= 4 is 39.1 Å². The maximum Gasteiger partial charge on any atom is 0.264 e. The molecule has 1 atom stereocenters. The van der Waals surface area contributed by atoms with E-state index >= 15 is 0 Å². The SMILES string of the molecule is CNC(=O)[C@H](Cc1ccccc1)N(Cc1ccccc1F)C(=O)CN(c1ccc(F)c(Cl)c1)S(=O)(=O)c1ccccc1. The van der Waals surface area contributed by atoms with E-state index < -0.39 is 46.1 Å². The summed E-state index contributed by atoms with van der Waals surface area (Å²) in [6, 6.07) is 24.3. The van der Waals surface area contributed by atoms with Crippen LogP contribution in [0.2, 0.25) is 5.02 Å². The topological polar surface area (TPSA) is 86.8 Å². The van der Waals surface area contributed by atoms with Gasteiger partial charge in [0.05, 0.1) is 15.6 Å². The molecule has 0 aliphatic heterocycles. The molecule has 42 heavy (non-hydrogen) atoms. The Kier molecular flexibility index (Phi) is 9.92. The van der Waals surface area contributed by atoms with Gasteiger partial charge in [0, 0.05) is 25.6 Å². The molecule has 7 nitrogen and oxygen atoms in total. The molecule has 218 valence electrons. The summed E-state index contributed by atoms with van der Waals surface area (Å²) in [5, 5.41) is 2.21. The number of carbonyl (C=O) groups excluding carboxylic acids is 2. The number of rotatable bonds is 11. The van der Waals surface area contributed by atoms with E-state index in [0.29, 0.717) is 0 Å². The lowest BCUT2D eigenvalue weighted by atomic mass is 10.0. The van der Waals surface area contributed by atoms with Crippen molar-refractivity contribution in [1.82, 2.24) is 10.2 Å². The fourth-order valence-corrected chi connectivity index (χ4v) is 6.02. The molecule has 1 N–H and O–H groups in total. The van der Waals surface area contributed by atoms with Crippen molar-refractivity contribution < 1.29 is 26.8 Å². The smallest absolute Gasteiger partial charge is 0.264 e. The zero-order chi connectivity index (χ0) is 30.3. The van der Waals surface area contributed by atoms with Gasteiger partial charge in [-0.1, -0.05) is 78.3 Å². The van der Waals surface area contributed by atoms with Gasteiger partial charge in [-0.15, -0.1) is 0 Å². The number of carbonyl (C=O) groups is 2. The van der Waals surface area contributed by atoms with Crippen LogP contribution < -0.4 is 9.62 Å². The molecule has 0 unspecified atom stereocenters. The van der Waals surface area contributed by atoms with Crippen LogP contribution >= 0.6 is 11.6 Å². The minimum absolute atomic E-state index is 0.0657. The molecule has 4 aromatic rings. The predicted octanol–water partition coefficient (Wildman–Crippen LogP) is 5.20. The van der Waals surface area contributed by atoms with Gasteiger partial charge in [0.1, 0.15) is 24.2 Å². The van der Waals surface area contributed by atoms with Crippen LogP contribution in [-0.2, 0) is 32.6 Å². The van der Waals surface area contributed by atoms with Gasteiger partial charge >= 0.3 is 0 Å². The zero-order valence-corrected chi connectivity index (χ0v) is 24.2. The van der Waals surface area contributed by atoms with E-state index in [0.717, 1.165) is 26.9 Å². The van der Waals surface area contributed by atoms with Crippen molar-refractivity contribution in [2.75, 3.05) is 17.9 Å². The Labute approximate surface area is 248 Å². The number of nitrogens with zero attached hydrogens (tertiary/aromatic N) is 2. The van der Waals surface area contributed by atoms with Crippen LogP contribution in [0.3, 0.4) is 0 Å². The molecular weight excluding hydrogens is 584 g/mol. The van der Waals surface area contributed by atoms with Crippen LogP contribution in [-0.4, -0.2) is 44.8 Å². The van der Waals surface area contributed by atoms with E-state index in [1.165, 1.54) is 55.6 Å². The Morgan fingerprint density at radius 2 is 1.48 bits per heavy atom. The van der Waals surface area contributed by atoms with E-state index in [9.17, 15) is 26.8 Å². The van der Waals surface area contributed by atoms with Gasteiger partial charge in [-0.25, -0.2) is 17.2 Å². The highest BCUT2D eigenvalue weighted by molar-refractivity contribution is 7.92. The molecule has 11 heteroatoms. The van der Waals surface area contributed by atoms with Crippen molar-refractivity contribution in [3.63, 3.8) is 0 Å². The first kappa shape index (κ1) is 30.7. The summed E-state index contributed by atoms with van der Waals surface area (Å²) in [4.78, 5) is 28.4. The highest BCUT2D eigenvalue weighted by Crippen LogP contribution is 2.28. The second-order valence-corrected chi connectivity index (χ2v) is 11.6. The molecule has 4 aromatic carbocycles. The van der Waals surface area contributed by atoms with Gasteiger partial charge in [-0.2, -0.15) is 0 Å². The molecule has 4 rings (SSSR count). The fourth-order valence-electron chi connectivity index (χ4n) is 4.42. The standard InChI is InChI=1S/C31H28ClF2N3O4S/c1-35-31(39)29(18-22-10-4-2-5-11-22)36(20-23-12-8-9-15-27(23)33)30(38)21-37(24-16-17-28(34)26(32)19-24)42(40,41)25-13-6-3-7-14-25/h2-17,19,29H,18,20-21H2,1H3,(H,35,39)/t29-/m0/s1. The molecular formula is C31H28ClF2N3O4S. The van der Waals surface area contributed by atoms with Crippen molar-refractivity contribution in [2.24, 2.45) is 0 Å². The summed E-state index contributed by atoms with van der Waals surface area (Å²) in [7, 11) is -2.96. The highest BCUT2D eigenvalue weighted by atomic mass is 35.5. The Bertz CT molecular complexity index is 1660. The van der Waals surface area contributed by atoms with Gasteiger partial charge in [-0.05, 0) is 42.0 Å². The van der Waals surface area contributed by atoms with Gasteiger partial charge in [0.25, 0.3) is 10.0 Å². The number of amides is 2. The van der Waals surface area contributed by atoms with E-state index in [2.05, 4.69) is 5.32 Å². The summed E-state index contributed by atoms with van der Waals surface area (Å²) in [6.45, 7) is -1.10. The van der Waals surface area contributed by atoms with E-state index in [1.54, 1.807) is 42.5 Å². The van der Waals surface area contributed by atoms with E-state index in [-0.39, 0.29) is 34.1 Å². The maximum atomic E-state index is 14.8. The average molecular weight is 612 g/mol. The Hall–Kier alpha value is -4.28. The summed E-state index contributed by atoms with van der Waals surface area (Å²) in [5.74, 6) is -2.68. The van der Waals surface area contributed by atoms with Crippen LogP contribution in [0.5, 0.6) is 0 Å². The molecule has 0 saturated carbocycles. The number of anilines is 1. The second-order valence-electron chi connectivity index (χ2n) is 9.36. The highest BCUT2D eigenvalue weighted by Gasteiger charge is 2.34. The van der Waals surface area contributed by atoms with Gasteiger partial charge in [0.2, 0.25) is 11.8 Å². The molecule has 0 aliphatic rings. The fraction of sp³-hybridized carbons (Fsp3) is 0.161. The lowest BCUT2D eigenvalue weighted by molar-refractivity contribution is -0.139. The van der Waals surface area contributed by atoms with Crippen LogP contribution in [0.15, 0.2) is 108 Å². The van der Waals surface area contributed by atoms with Gasteiger partial charge in [-0.3, -0.25) is 13.9 Å². The average Bonchev–Trinajstić information content (AvgIpc) is 3.00. The van der Waals surface area contributed by atoms with Crippen molar-refractivity contribution in [2.45, 2.75) is 23.9 Å². The molecule has 0 aromatic heterocycles. The van der Waals surface area contributed by atoms with Crippen molar-refractivity contribution in [3.8, 4) is 0 Å². The number of hydrogen-bond acceptors (Lipinski definition) is 4. The van der Waals surface area contributed by atoms with Gasteiger partial charge in [0.15, 0.2) is 0 Å². The third kappa shape index (κ3) is 7.13. The number of hydrogen-bond donors (Lipinski definition) is 1. The van der Waals surface area contributed by atoms with Crippen LogP contribution in [0.25, 0.3) is 0 Å². The Morgan fingerprint density at radius 3 is 2.10 bits per heavy atom. The monoisotopic (exact) mass is 611 g/mol. The number of halogens is 3.